The highest BCUT2D eigenvalue weighted by Crippen LogP contribution is 2.18. The predicted octanol–water partition coefficient (Wildman–Crippen LogP) is 2.49. The minimum atomic E-state index is -0.950. The molecule has 104 valence electrons. The summed E-state index contributed by atoms with van der Waals surface area (Å²) in [4.78, 5) is 25.3. The van der Waals surface area contributed by atoms with Gasteiger partial charge in [-0.25, -0.2) is 4.79 Å². The molecule has 1 unspecified atom stereocenters. The number of carboxylic acid groups (broad SMARTS) is 1. The van der Waals surface area contributed by atoms with E-state index in [1.54, 1.807) is 25.7 Å². The fourth-order valence-electron chi connectivity index (χ4n) is 1.74. The maximum atomic E-state index is 11.9. The second-order valence-electron chi connectivity index (χ2n) is 4.18. The molecule has 0 radical (unpaired) electrons. The number of amides is 1. The van der Waals surface area contributed by atoms with Gasteiger partial charge in [-0.1, -0.05) is 25.1 Å². The molecule has 5 heteroatoms. The molecule has 4 nitrogen and oxygen atoms in total. The predicted molar refractivity (Wildman–Crippen MR) is 76.3 cm³/mol. The van der Waals surface area contributed by atoms with E-state index in [9.17, 15) is 9.59 Å². The number of benzene rings is 1. The number of hydrogen-bond donors (Lipinski definition) is 1. The lowest BCUT2D eigenvalue weighted by molar-refractivity contribution is -0.149. The van der Waals surface area contributed by atoms with Crippen LogP contribution in [0.1, 0.15) is 19.8 Å². The second-order valence-corrected chi connectivity index (χ2v) is 5.35. The van der Waals surface area contributed by atoms with E-state index in [2.05, 4.69) is 0 Å². The smallest absolute Gasteiger partial charge is 0.326 e. The number of carboxylic acids is 1. The van der Waals surface area contributed by atoms with Crippen molar-refractivity contribution in [1.82, 2.24) is 4.90 Å². The zero-order chi connectivity index (χ0) is 14.3. The number of likely N-dealkylation sites (N-methyl/N-ethyl adjacent to an activating group) is 1. The van der Waals surface area contributed by atoms with Gasteiger partial charge < -0.3 is 10.0 Å². The van der Waals surface area contributed by atoms with E-state index in [1.807, 2.05) is 30.3 Å². The fourth-order valence-corrected chi connectivity index (χ4v) is 2.60. The molecular weight excluding hydrogens is 262 g/mol. The number of rotatable bonds is 7. The first-order valence-electron chi connectivity index (χ1n) is 6.22. The zero-order valence-electron chi connectivity index (χ0n) is 11.2. The van der Waals surface area contributed by atoms with Crippen molar-refractivity contribution in [2.75, 3.05) is 12.8 Å². The third-order valence-corrected chi connectivity index (χ3v) is 3.87. The first kappa shape index (κ1) is 15.6. The Kier molecular flexibility index (Phi) is 6.42. The van der Waals surface area contributed by atoms with Crippen LogP contribution in [0.2, 0.25) is 0 Å². The third-order valence-electron chi connectivity index (χ3n) is 2.86. The SMILES string of the molecule is CCC(C(=O)O)N(C)C(=O)CCSc1ccccc1. The molecule has 1 aromatic carbocycles. The first-order valence-corrected chi connectivity index (χ1v) is 7.21. The van der Waals surface area contributed by atoms with E-state index in [4.69, 9.17) is 5.11 Å². The van der Waals surface area contributed by atoms with Crippen molar-refractivity contribution in [2.24, 2.45) is 0 Å². The van der Waals surface area contributed by atoms with Gasteiger partial charge >= 0.3 is 5.97 Å². The van der Waals surface area contributed by atoms with Gasteiger partial charge in [-0.05, 0) is 18.6 Å². The lowest BCUT2D eigenvalue weighted by atomic mass is 10.2. The molecule has 19 heavy (non-hydrogen) atoms. The summed E-state index contributed by atoms with van der Waals surface area (Å²) in [5.41, 5.74) is 0. The van der Waals surface area contributed by atoms with Crippen LogP contribution in [0, 0.1) is 0 Å². The maximum absolute atomic E-state index is 11.9. The van der Waals surface area contributed by atoms with Crippen molar-refractivity contribution in [3.63, 3.8) is 0 Å². The minimum Gasteiger partial charge on any atom is -0.480 e. The van der Waals surface area contributed by atoms with Crippen LogP contribution in [0.15, 0.2) is 35.2 Å². The number of nitrogens with zero attached hydrogens (tertiary/aromatic N) is 1. The van der Waals surface area contributed by atoms with Gasteiger partial charge in [0.2, 0.25) is 5.91 Å². The molecule has 0 spiro atoms. The van der Waals surface area contributed by atoms with E-state index in [0.29, 0.717) is 18.6 Å². The molecule has 0 aliphatic carbocycles. The van der Waals surface area contributed by atoms with Gasteiger partial charge in [-0.15, -0.1) is 11.8 Å². The molecule has 1 N–H and O–H groups in total. The third kappa shape index (κ3) is 4.95. The van der Waals surface area contributed by atoms with E-state index in [-0.39, 0.29) is 5.91 Å². The Morgan fingerprint density at radius 3 is 2.47 bits per heavy atom. The van der Waals surface area contributed by atoms with Crippen molar-refractivity contribution in [2.45, 2.75) is 30.7 Å². The fraction of sp³-hybridized carbons (Fsp3) is 0.429. The number of aliphatic carboxylic acids is 1. The van der Waals surface area contributed by atoms with Gasteiger partial charge in [0.25, 0.3) is 0 Å². The highest BCUT2D eigenvalue weighted by molar-refractivity contribution is 7.99. The Balaban J connectivity index is 2.40. The summed E-state index contributed by atoms with van der Waals surface area (Å²) < 4.78 is 0. The van der Waals surface area contributed by atoms with Gasteiger partial charge in [0.15, 0.2) is 0 Å². The summed E-state index contributed by atoms with van der Waals surface area (Å²) in [6, 6.07) is 9.11. The highest BCUT2D eigenvalue weighted by Gasteiger charge is 2.24. The molecule has 1 aromatic rings. The van der Waals surface area contributed by atoms with Crippen LogP contribution in [0.5, 0.6) is 0 Å². The molecular formula is C14H19NO3S. The van der Waals surface area contributed by atoms with Crippen LogP contribution in [-0.2, 0) is 9.59 Å². The average Bonchev–Trinajstić information content (AvgIpc) is 2.40. The van der Waals surface area contributed by atoms with Crippen molar-refractivity contribution in [1.29, 1.82) is 0 Å². The highest BCUT2D eigenvalue weighted by atomic mass is 32.2. The summed E-state index contributed by atoms with van der Waals surface area (Å²) in [6.07, 6.45) is 0.767. The molecule has 0 fully saturated rings. The molecule has 0 saturated heterocycles. The number of hydrogen-bond acceptors (Lipinski definition) is 3. The Labute approximate surface area is 117 Å². The Morgan fingerprint density at radius 2 is 1.95 bits per heavy atom. The Hall–Kier alpha value is -1.49. The number of thioether (sulfide) groups is 1. The maximum Gasteiger partial charge on any atom is 0.326 e. The van der Waals surface area contributed by atoms with Gasteiger partial charge in [-0.3, -0.25) is 4.79 Å². The summed E-state index contributed by atoms with van der Waals surface area (Å²) in [5.74, 6) is -0.421. The first-order chi connectivity index (χ1) is 9.06. The lowest BCUT2D eigenvalue weighted by Gasteiger charge is -2.23. The Morgan fingerprint density at radius 1 is 1.32 bits per heavy atom. The summed E-state index contributed by atoms with van der Waals surface area (Å²) in [7, 11) is 1.55. The molecule has 0 aliphatic rings. The minimum absolute atomic E-state index is 0.127. The van der Waals surface area contributed by atoms with Gasteiger partial charge in [-0.2, -0.15) is 0 Å². The van der Waals surface area contributed by atoms with E-state index in [0.717, 1.165) is 4.90 Å². The van der Waals surface area contributed by atoms with Crippen LogP contribution < -0.4 is 0 Å². The van der Waals surface area contributed by atoms with E-state index in [1.165, 1.54) is 4.90 Å². The average molecular weight is 281 g/mol. The molecule has 0 bridgehead atoms. The van der Waals surface area contributed by atoms with Crippen LogP contribution in [-0.4, -0.2) is 40.7 Å². The van der Waals surface area contributed by atoms with Gasteiger partial charge in [0.05, 0.1) is 0 Å². The van der Waals surface area contributed by atoms with Crippen LogP contribution >= 0.6 is 11.8 Å². The molecule has 1 atom stereocenters. The summed E-state index contributed by atoms with van der Waals surface area (Å²) in [5, 5.41) is 9.00. The quantitative estimate of drug-likeness (QED) is 0.780. The molecule has 1 amide bonds. The standard InChI is InChI=1S/C14H19NO3S/c1-3-12(14(17)18)15(2)13(16)9-10-19-11-7-5-4-6-8-11/h4-8,12H,3,9-10H2,1-2H3,(H,17,18). The number of carbonyl (C=O) groups is 2. The number of carbonyl (C=O) groups excluding carboxylic acids is 1. The van der Waals surface area contributed by atoms with Crippen LogP contribution in [0.4, 0.5) is 0 Å². The molecule has 0 aliphatic heterocycles. The van der Waals surface area contributed by atoms with Crippen molar-refractivity contribution >= 4 is 23.6 Å². The normalized spacial score (nSPS) is 11.9. The largest absolute Gasteiger partial charge is 0.480 e. The van der Waals surface area contributed by atoms with Crippen molar-refractivity contribution < 1.29 is 14.7 Å². The zero-order valence-corrected chi connectivity index (χ0v) is 12.0. The van der Waals surface area contributed by atoms with Crippen LogP contribution in [0.25, 0.3) is 0 Å². The lowest BCUT2D eigenvalue weighted by Crippen LogP contribution is -2.42. The molecule has 0 aromatic heterocycles. The second kappa shape index (κ2) is 7.84. The summed E-state index contributed by atoms with van der Waals surface area (Å²) in [6.45, 7) is 1.77. The Bertz CT molecular complexity index is 422. The molecule has 0 saturated carbocycles. The topological polar surface area (TPSA) is 57.6 Å². The van der Waals surface area contributed by atoms with E-state index >= 15 is 0 Å². The van der Waals surface area contributed by atoms with Crippen molar-refractivity contribution in [3.8, 4) is 0 Å². The monoisotopic (exact) mass is 281 g/mol. The molecule has 1 rings (SSSR count). The van der Waals surface area contributed by atoms with Crippen molar-refractivity contribution in [3.05, 3.63) is 30.3 Å². The van der Waals surface area contributed by atoms with Gasteiger partial charge in [0.1, 0.15) is 6.04 Å². The van der Waals surface area contributed by atoms with Gasteiger partial charge in [0, 0.05) is 24.1 Å². The summed E-state index contributed by atoms with van der Waals surface area (Å²) >= 11 is 1.60. The van der Waals surface area contributed by atoms with E-state index < -0.39 is 12.0 Å². The van der Waals surface area contributed by atoms with Crippen LogP contribution in [0.3, 0.4) is 0 Å². The molecule has 0 heterocycles.